The standard InChI is InChI=1S/C17H29N3OS.HI/c1-3-18-16(19-12-14(2)15-8-7-11-22-15)20-13-17(21)9-5-4-6-10-17;/h7-8,11,14,21H,3-6,9-10,12-13H2,1-2H3,(H2,18,19,20);1H. The molecular formula is C17H30IN3OS. The second-order valence-electron chi connectivity index (χ2n) is 6.28. The molecule has 0 radical (unpaired) electrons. The van der Waals surface area contributed by atoms with Crippen LogP contribution in [0.25, 0.3) is 0 Å². The monoisotopic (exact) mass is 451 g/mol. The number of rotatable bonds is 6. The van der Waals surface area contributed by atoms with Gasteiger partial charge in [0, 0.05) is 23.9 Å². The zero-order chi connectivity index (χ0) is 15.8. The first-order valence-electron chi connectivity index (χ1n) is 8.41. The molecule has 3 N–H and O–H groups in total. The smallest absolute Gasteiger partial charge is 0.191 e. The minimum absolute atomic E-state index is 0. The Labute approximate surface area is 161 Å². The number of nitrogens with one attached hydrogen (secondary N) is 2. The molecule has 1 fully saturated rings. The Morgan fingerprint density at radius 2 is 2.09 bits per heavy atom. The van der Waals surface area contributed by atoms with Gasteiger partial charge in [-0.2, -0.15) is 0 Å². The van der Waals surface area contributed by atoms with Crippen molar-refractivity contribution < 1.29 is 5.11 Å². The zero-order valence-electron chi connectivity index (χ0n) is 14.2. The lowest BCUT2D eigenvalue weighted by atomic mass is 9.85. The first kappa shape index (κ1) is 20.7. The Hall–Kier alpha value is -0.340. The molecule has 0 amide bonds. The highest BCUT2D eigenvalue weighted by Crippen LogP contribution is 2.28. The highest BCUT2D eigenvalue weighted by atomic mass is 127. The van der Waals surface area contributed by atoms with E-state index >= 15 is 0 Å². The summed E-state index contributed by atoms with van der Waals surface area (Å²) >= 11 is 1.79. The average molecular weight is 451 g/mol. The second kappa shape index (κ2) is 10.5. The normalized spacial score (nSPS) is 18.8. The van der Waals surface area contributed by atoms with Crippen LogP contribution in [0.4, 0.5) is 0 Å². The van der Waals surface area contributed by atoms with E-state index in [1.807, 2.05) is 0 Å². The molecule has 1 unspecified atom stereocenters. The molecule has 0 spiro atoms. The SMILES string of the molecule is CCNC(=NCC1(O)CCCCC1)NCC(C)c1cccs1.I. The van der Waals surface area contributed by atoms with E-state index in [0.717, 1.165) is 44.7 Å². The molecule has 1 atom stereocenters. The van der Waals surface area contributed by atoms with Crippen LogP contribution < -0.4 is 10.6 Å². The highest BCUT2D eigenvalue weighted by molar-refractivity contribution is 14.0. The molecule has 1 saturated carbocycles. The molecule has 1 aliphatic rings. The Kier molecular flexibility index (Phi) is 9.46. The van der Waals surface area contributed by atoms with Crippen LogP contribution in [0.3, 0.4) is 0 Å². The Bertz CT molecular complexity index is 458. The van der Waals surface area contributed by atoms with Gasteiger partial charge >= 0.3 is 0 Å². The number of aliphatic imine (C=N–C) groups is 1. The van der Waals surface area contributed by atoms with Crippen LogP contribution in [0.2, 0.25) is 0 Å². The summed E-state index contributed by atoms with van der Waals surface area (Å²) < 4.78 is 0. The van der Waals surface area contributed by atoms with E-state index in [1.54, 1.807) is 11.3 Å². The van der Waals surface area contributed by atoms with Crippen molar-refractivity contribution in [2.45, 2.75) is 57.5 Å². The van der Waals surface area contributed by atoms with Crippen LogP contribution in [0.15, 0.2) is 22.5 Å². The van der Waals surface area contributed by atoms with Gasteiger partial charge in [-0.1, -0.05) is 32.3 Å². The van der Waals surface area contributed by atoms with Crippen molar-refractivity contribution in [2.75, 3.05) is 19.6 Å². The summed E-state index contributed by atoms with van der Waals surface area (Å²) in [5.74, 6) is 1.27. The van der Waals surface area contributed by atoms with Crippen molar-refractivity contribution in [3.63, 3.8) is 0 Å². The van der Waals surface area contributed by atoms with Gasteiger partial charge in [-0.15, -0.1) is 35.3 Å². The van der Waals surface area contributed by atoms with E-state index in [2.05, 4.69) is 47.0 Å². The van der Waals surface area contributed by atoms with Gasteiger partial charge < -0.3 is 15.7 Å². The Morgan fingerprint density at radius 1 is 1.35 bits per heavy atom. The first-order chi connectivity index (χ1) is 10.6. The number of hydrogen-bond donors (Lipinski definition) is 3. The molecule has 132 valence electrons. The van der Waals surface area contributed by atoms with Gasteiger partial charge in [0.1, 0.15) is 0 Å². The molecule has 23 heavy (non-hydrogen) atoms. The topological polar surface area (TPSA) is 56.7 Å². The fourth-order valence-electron chi connectivity index (χ4n) is 2.86. The summed E-state index contributed by atoms with van der Waals surface area (Å²) in [5.41, 5.74) is -0.597. The van der Waals surface area contributed by atoms with Crippen molar-refractivity contribution in [1.82, 2.24) is 10.6 Å². The van der Waals surface area contributed by atoms with Crippen LogP contribution in [-0.4, -0.2) is 36.3 Å². The first-order valence-corrected chi connectivity index (χ1v) is 9.29. The fourth-order valence-corrected chi connectivity index (χ4v) is 3.65. The lowest BCUT2D eigenvalue weighted by Crippen LogP contribution is -2.41. The molecule has 4 nitrogen and oxygen atoms in total. The molecule has 0 aliphatic heterocycles. The summed E-state index contributed by atoms with van der Waals surface area (Å²) in [6.07, 6.45) is 5.22. The number of thiophene rings is 1. The maximum Gasteiger partial charge on any atom is 0.191 e. The molecule has 6 heteroatoms. The van der Waals surface area contributed by atoms with Gasteiger partial charge in [0.2, 0.25) is 0 Å². The average Bonchev–Trinajstić information content (AvgIpc) is 3.05. The number of nitrogens with zero attached hydrogens (tertiary/aromatic N) is 1. The highest BCUT2D eigenvalue weighted by Gasteiger charge is 2.28. The third kappa shape index (κ3) is 6.97. The Balaban J connectivity index is 0.00000264. The van der Waals surface area contributed by atoms with Crippen molar-refractivity contribution in [3.8, 4) is 0 Å². The Morgan fingerprint density at radius 3 is 2.70 bits per heavy atom. The molecule has 0 bridgehead atoms. The number of halogens is 1. The molecule has 1 aromatic rings. The van der Waals surface area contributed by atoms with E-state index in [9.17, 15) is 5.11 Å². The predicted octanol–water partition coefficient (Wildman–Crippen LogP) is 3.72. The van der Waals surface area contributed by atoms with E-state index in [-0.39, 0.29) is 24.0 Å². The van der Waals surface area contributed by atoms with Gasteiger partial charge in [0.05, 0.1) is 12.1 Å². The van der Waals surface area contributed by atoms with Crippen molar-refractivity contribution in [1.29, 1.82) is 0 Å². The number of hydrogen-bond acceptors (Lipinski definition) is 3. The van der Waals surface area contributed by atoms with E-state index in [0.29, 0.717) is 12.5 Å². The fraction of sp³-hybridized carbons (Fsp3) is 0.706. The van der Waals surface area contributed by atoms with Gasteiger partial charge in [-0.05, 0) is 31.2 Å². The van der Waals surface area contributed by atoms with E-state index < -0.39 is 5.60 Å². The van der Waals surface area contributed by atoms with Gasteiger partial charge in [-0.25, -0.2) is 0 Å². The molecule has 1 heterocycles. The molecule has 1 aliphatic carbocycles. The van der Waals surface area contributed by atoms with Crippen molar-refractivity contribution in [3.05, 3.63) is 22.4 Å². The summed E-state index contributed by atoms with van der Waals surface area (Å²) in [6, 6.07) is 4.26. The summed E-state index contributed by atoms with van der Waals surface area (Å²) in [4.78, 5) is 5.99. The van der Waals surface area contributed by atoms with Crippen LogP contribution in [0.5, 0.6) is 0 Å². The third-order valence-electron chi connectivity index (χ3n) is 4.26. The quantitative estimate of drug-likeness (QED) is 0.351. The van der Waals surface area contributed by atoms with Crippen molar-refractivity contribution >= 4 is 41.3 Å². The van der Waals surface area contributed by atoms with Gasteiger partial charge in [0.25, 0.3) is 0 Å². The molecule has 1 aromatic heterocycles. The van der Waals surface area contributed by atoms with Crippen LogP contribution >= 0.6 is 35.3 Å². The van der Waals surface area contributed by atoms with Gasteiger partial charge in [-0.3, -0.25) is 4.99 Å². The molecular weight excluding hydrogens is 421 g/mol. The number of guanidine groups is 1. The molecule has 2 rings (SSSR count). The van der Waals surface area contributed by atoms with Crippen LogP contribution in [0, 0.1) is 0 Å². The summed E-state index contributed by atoms with van der Waals surface area (Å²) in [5, 5.41) is 19.3. The van der Waals surface area contributed by atoms with Gasteiger partial charge in [0.15, 0.2) is 5.96 Å². The minimum atomic E-state index is -0.597. The predicted molar refractivity (Wildman–Crippen MR) is 110 cm³/mol. The third-order valence-corrected chi connectivity index (χ3v) is 5.37. The minimum Gasteiger partial charge on any atom is -0.388 e. The van der Waals surface area contributed by atoms with E-state index in [4.69, 9.17) is 0 Å². The maximum absolute atomic E-state index is 10.6. The van der Waals surface area contributed by atoms with Crippen molar-refractivity contribution in [2.24, 2.45) is 4.99 Å². The van der Waals surface area contributed by atoms with E-state index in [1.165, 1.54) is 11.3 Å². The van der Waals surface area contributed by atoms with Crippen LogP contribution in [-0.2, 0) is 0 Å². The zero-order valence-corrected chi connectivity index (χ0v) is 17.3. The second-order valence-corrected chi connectivity index (χ2v) is 7.26. The summed E-state index contributed by atoms with van der Waals surface area (Å²) in [7, 11) is 0. The number of aliphatic hydroxyl groups is 1. The lowest BCUT2D eigenvalue weighted by Gasteiger charge is -2.30. The lowest BCUT2D eigenvalue weighted by molar-refractivity contribution is 0.0131. The summed E-state index contributed by atoms with van der Waals surface area (Å²) in [6.45, 7) is 6.46. The molecule has 0 aromatic carbocycles. The molecule has 0 saturated heterocycles. The van der Waals surface area contributed by atoms with Crippen LogP contribution in [0.1, 0.15) is 56.7 Å². The maximum atomic E-state index is 10.6. The largest absolute Gasteiger partial charge is 0.388 e.